The van der Waals surface area contributed by atoms with Gasteiger partial charge in [-0.1, -0.05) is 100 Å². The van der Waals surface area contributed by atoms with Gasteiger partial charge in [0, 0.05) is 68.9 Å². The number of aliphatic hydroxyl groups is 1. The Balaban J connectivity index is 1.33. The van der Waals surface area contributed by atoms with E-state index in [0.29, 0.717) is 52.6 Å². The molecule has 0 aliphatic carbocycles. The molecule has 5 amide bonds. The molecule has 2 saturated heterocycles. The van der Waals surface area contributed by atoms with Crippen LogP contribution in [0.5, 0.6) is 5.75 Å². The number of methoxy groups -OCH3 is 2. The minimum absolute atomic E-state index is 0.00551. The lowest BCUT2D eigenvalue weighted by molar-refractivity contribution is -0.187. The van der Waals surface area contributed by atoms with Gasteiger partial charge in [0.2, 0.25) is 11.8 Å². The smallest absolute Gasteiger partial charge is 0.412 e. The number of rotatable bonds is 25. The molecule has 470 valence electrons. The fourth-order valence-electron chi connectivity index (χ4n) is 11.0. The van der Waals surface area contributed by atoms with Crippen LogP contribution in [-0.4, -0.2) is 138 Å². The topological polar surface area (TPSA) is 281 Å². The lowest BCUT2D eigenvalue weighted by Crippen LogP contribution is -2.53. The van der Waals surface area contributed by atoms with Crippen LogP contribution in [0.2, 0.25) is 5.02 Å². The highest BCUT2D eigenvalue weighted by atomic mass is 79.9. The summed E-state index contributed by atoms with van der Waals surface area (Å²) in [5.74, 6) is -4.10. The standard InChI is InChI=1S/C62H86Br2ClN5O15/c1-35(2)43(29-42(71)17-12-13-22-60(6,7)85-57(76)41(33-63)34-64)56(75)68-44(18-15-23-67-58(66)77)47(72)27-39-20-21-45(48(28-39)80-10)69-59(78)83-51-30-52(73)70(9)46-26-40(25-37(4)54(46)65)24-36(3)16-14-19-50(81-11)62(79)31-49(82-53(74)32-62)38(5)55-61(51,8)84-55/h14,16,19-21,25-26,28,35,38,41,43-44,49-51,55,79H,12-13,15,17-18,22-24,27,29-34H2,1-11H3,(H,68,75)(H,69,78)(H3,66,67,77)/b19-14+,36-16+/t38-,43+,44+,49+,50-,51+,55+,61+,62-/m1/s1. The maximum absolute atomic E-state index is 14.5. The number of benzene rings is 2. The molecule has 85 heavy (non-hydrogen) atoms. The molecule has 20 nitrogen and oxygen atoms in total. The molecule has 3 aliphatic heterocycles. The van der Waals surface area contributed by atoms with Gasteiger partial charge in [-0.25, -0.2) is 9.59 Å². The SMILES string of the molecule is COc1cc(CC(=O)[C@H](CCCNC(N)=O)NC(=O)[C@@H](CC(=O)CCCCC(C)(C)OC(=O)C(CBr)CBr)C(C)C)ccc1NC(=O)O[C@H]1CC(=O)N(C)c2cc(cc(C)c2Cl)C/C(C)=C/C=C/[C@@H](OC)[C@]2(O)CC(=O)O[C@@H](C2)[C@@H](C)[C@@H]2O[C@@]12C. The van der Waals surface area contributed by atoms with E-state index in [9.17, 15) is 43.5 Å². The summed E-state index contributed by atoms with van der Waals surface area (Å²) < 4.78 is 35.5. The highest BCUT2D eigenvalue weighted by Gasteiger charge is 2.64. The van der Waals surface area contributed by atoms with Gasteiger partial charge in [-0.05, 0) is 114 Å². The van der Waals surface area contributed by atoms with Gasteiger partial charge in [-0.3, -0.25) is 34.1 Å². The molecule has 2 fully saturated rings. The van der Waals surface area contributed by atoms with E-state index >= 15 is 0 Å². The number of nitrogens with zero attached hydrogens (tertiary/aromatic N) is 1. The van der Waals surface area contributed by atoms with Crippen LogP contribution in [0.3, 0.4) is 0 Å². The van der Waals surface area contributed by atoms with Crippen molar-refractivity contribution in [2.75, 3.05) is 48.7 Å². The van der Waals surface area contributed by atoms with Crippen LogP contribution in [0.15, 0.2) is 54.1 Å². The second kappa shape index (κ2) is 31.5. The second-order valence-electron chi connectivity index (χ2n) is 23.9. The van der Waals surface area contributed by atoms with Crippen molar-refractivity contribution in [1.29, 1.82) is 0 Å². The van der Waals surface area contributed by atoms with Gasteiger partial charge >= 0.3 is 24.1 Å². The number of nitrogens with two attached hydrogens (primary N) is 1. The highest BCUT2D eigenvalue weighted by molar-refractivity contribution is 9.09. The van der Waals surface area contributed by atoms with Crippen LogP contribution in [-0.2, 0) is 65.3 Å². The highest BCUT2D eigenvalue weighted by Crippen LogP contribution is 2.50. The average Bonchev–Trinajstić information content (AvgIpc) is 2.14. The van der Waals surface area contributed by atoms with Crippen LogP contribution in [0.4, 0.5) is 21.0 Å². The number of ketones is 2. The van der Waals surface area contributed by atoms with Gasteiger partial charge in [0.05, 0.1) is 54.4 Å². The maximum Gasteiger partial charge on any atom is 0.412 e. The van der Waals surface area contributed by atoms with Crippen molar-refractivity contribution in [2.45, 2.75) is 180 Å². The Hall–Kier alpha value is -5.39. The second-order valence-corrected chi connectivity index (χ2v) is 25.6. The quantitative estimate of drug-likeness (QED) is 0.0203. The molecular formula is C62H86Br2ClN5O15. The van der Waals surface area contributed by atoms with Crippen molar-refractivity contribution in [3.8, 4) is 5.75 Å². The molecule has 6 N–H and O–H groups in total. The summed E-state index contributed by atoms with van der Waals surface area (Å²) in [7, 11) is 4.42. The molecule has 0 radical (unpaired) electrons. The summed E-state index contributed by atoms with van der Waals surface area (Å²) >= 11 is 13.5. The third kappa shape index (κ3) is 19.8. The Morgan fingerprint density at radius 1 is 1.02 bits per heavy atom. The summed E-state index contributed by atoms with van der Waals surface area (Å²) in [6.45, 7) is 14.8. The Morgan fingerprint density at radius 2 is 1.73 bits per heavy atom. The first-order valence-electron chi connectivity index (χ1n) is 28.9. The number of unbranched alkanes of at least 4 members (excludes halogenated alkanes) is 1. The molecule has 0 aromatic heterocycles. The Labute approximate surface area is 521 Å². The number of nitrogens with one attached hydrogen (secondary N) is 3. The molecule has 23 heteroatoms. The van der Waals surface area contributed by atoms with Crippen molar-refractivity contribution in [3.05, 3.63) is 75.8 Å². The first-order valence-corrected chi connectivity index (χ1v) is 31.5. The molecular weight excluding hydrogens is 1250 g/mol. The predicted molar refractivity (Wildman–Crippen MR) is 330 cm³/mol. The number of allylic oxidation sites excluding steroid dienone is 3. The largest absolute Gasteiger partial charge is 0.495 e. The third-order valence-corrected chi connectivity index (χ3v) is 18.2. The third-order valence-electron chi connectivity index (χ3n) is 16.2. The van der Waals surface area contributed by atoms with Gasteiger partial charge in [-0.2, -0.15) is 0 Å². The van der Waals surface area contributed by atoms with E-state index < -0.39 is 89.0 Å². The molecule has 9 atom stereocenters. The average molecular weight is 1340 g/mol. The first-order chi connectivity index (χ1) is 40.0. The van der Waals surface area contributed by atoms with Gasteiger partial charge < -0.3 is 54.8 Å². The van der Waals surface area contributed by atoms with E-state index in [4.69, 9.17) is 45.8 Å². The van der Waals surface area contributed by atoms with Crippen molar-refractivity contribution in [1.82, 2.24) is 10.6 Å². The van der Waals surface area contributed by atoms with E-state index in [2.05, 4.69) is 47.8 Å². The molecule has 4 bridgehead atoms. The molecule has 3 heterocycles. The molecule has 0 saturated carbocycles. The summed E-state index contributed by atoms with van der Waals surface area (Å²) in [6, 6.07) is 6.67. The zero-order valence-electron chi connectivity index (χ0n) is 50.7. The van der Waals surface area contributed by atoms with E-state index in [1.807, 2.05) is 59.8 Å². The summed E-state index contributed by atoms with van der Waals surface area (Å²) in [4.78, 5) is 109. The number of Topliss-reactive ketones (excluding diaryl/α,β-unsaturated/α-hetero) is 2. The van der Waals surface area contributed by atoms with E-state index in [-0.39, 0.29) is 98.7 Å². The fraction of sp³-hybridized carbons (Fsp3) is 0.613. The van der Waals surface area contributed by atoms with Crippen LogP contribution in [0, 0.1) is 30.6 Å². The zero-order chi connectivity index (χ0) is 63.1. The number of epoxide rings is 1. The van der Waals surface area contributed by atoms with Gasteiger partial charge in [0.15, 0.2) is 5.78 Å². The van der Waals surface area contributed by atoms with Crippen molar-refractivity contribution in [2.24, 2.45) is 29.4 Å². The lowest BCUT2D eigenvalue weighted by atomic mass is 9.78. The zero-order valence-corrected chi connectivity index (χ0v) is 54.7. The van der Waals surface area contributed by atoms with E-state index in [1.54, 1.807) is 45.2 Å². The van der Waals surface area contributed by atoms with Gasteiger partial charge in [-0.15, -0.1) is 0 Å². The van der Waals surface area contributed by atoms with Gasteiger partial charge in [0.1, 0.15) is 46.6 Å². The Morgan fingerprint density at radius 3 is 2.38 bits per heavy atom. The Kier molecular flexibility index (Phi) is 26.1. The maximum atomic E-state index is 14.5. The number of primary amides is 1. The minimum Gasteiger partial charge on any atom is -0.495 e. The molecule has 2 aromatic rings. The number of aryl methyl sites for hydroxylation is 1. The van der Waals surface area contributed by atoms with Crippen molar-refractivity contribution < 1.29 is 71.9 Å². The first kappa shape index (κ1) is 70.4. The number of fused-ring (bicyclic) bond motifs is 5. The number of amides is 5. The monoisotopic (exact) mass is 1330 g/mol. The predicted octanol–water partition coefficient (Wildman–Crippen LogP) is 9.50. The van der Waals surface area contributed by atoms with E-state index in [1.165, 1.54) is 25.2 Å². The molecule has 3 aliphatic rings. The molecule has 0 spiro atoms. The van der Waals surface area contributed by atoms with Crippen LogP contribution >= 0.6 is 43.5 Å². The number of halogens is 3. The number of ether oxygens (including phenoxy) is 6. The van der Waals surface area contributed by atoms with Crippen LogP contribution in [0.25, 0.3) is 0 Å². The lowest BCUT2D eigenvalue weighted by Gasteiger charge is -2.41. The van der Waals surface area contributed by atoms with Crippen molar-refractivity contribution >= 4 is 102 Å². The molecule has 0 unspecified atom stereocenters. The van der Waals surface area contributed by atoms with Crippen molar-refractivity contribution in [3.63, 3.8) is 0 Å². The fourth-order valence-corrected chi connectivity index (χ4v) is 12.8. The van der Waals surface area contributed by atoms with Crippen LogP contribution < -0.4 is 31.3 Å². The summed E-state index contributed by atoms with van der Waals surface area (Å²) in [5, 5.41) is 21.4. The number of hydrogen-bond acceptors (Lipinski definition) is 15. The number of hydrogen-bond donors (Lipinski definition) is 5. The molecule has 2 aromatic carbocycles. The number of alkyl halides is 2. The number of urea groups is 1. The minimum atomic E-state index is -1.64. The molecule has 5 rings (SSSR count). The normalized spacial score (nSPS) is 24.4. The number of esters is 2. The van der Waals surface area contributed by atoms with Gasteiger partial charge in [0.25, 0.3) is 0 Å². The van der Waals surface area contributed by atoms with E-state index in [0.717, 1.165) is 16.7 Å². The Bertz CT molecular complexity index is 2810. The number of carbonyl (C=O) groups is 8. The number of anilines is 2. The summed E-state index contributed by atoms with van der Waals surface area (Å²) in [5.41, 5.74) is 5.25. The number of carbonyl (C=O) groups excluding carboxylic acids is 8. The van der Waals surface area contributed by atoms with Crippen LogP contribution in [0.1, 0.15) is 129 Å². The summed E-state index contributed by atoms with van der Waals surface area (Å²) in [6.07, 6.45) is 2.62.